The number of thioether (sulfide) groups is 1. The maximum atomic E-state index is 11.3. The van der Waals surface area contributed by atoms with E-state index < -0.39 is 0 Å². The number of carbonyl (C=O) groups excluding carboxylic acids is 1. The summed E-state index contributed by atoms with van der Waals surface area (Å²) in [6.07, 6.45) is 1.89. The summed E-state index contributed by atoms with van der Waals surface area (Å²) in [5.41, 5.74) is 0.925. The van der Waals surface area contributed by atoms with E-state index >= 15 is 0 Å². The molecule has 0 bridgehead atoms. The Labute approximate surface area is 101 Å². The first-order valence-corrected chi connectivity index (χ1v) is 6.95. The van der Waals surface area contributed by atoms with Crippen molar-refractivity contribution in [2.45, 2.75) is 0 Å². The number of amides is 1. The first-order valence-electron chi connectivity index (χ1n) is 4.67. The van der Waals surface area contributed by atoms with E-state index in [4.69, 9.17) is 0 Å². The average molecular weight is 253 g/mol. The third-order valence-electron chi connectivity index (χ3n) is 1.91. The van der Waals surface area contributed by atoms with Crippen molar-refractivity contribution in [1.82, 2.24) is 10.2 Å². The van der Waals surface area contributed by atoms with Gasteiger partial charge in [0.25, 0.3) is 0 Å². The van der Waals surface area contributed by atoms with Gasteiger partial charge in [-0.15, -0.1) is 11.3 Å². The van der Waals surface area contributed by atoms with E-state index in [1.54, 1.807) is 11.3 Å². The van der Waals surface area contributed by atoms with Crippen LogP contribution in [0.25, 0.3) is 10.6 Å². The van der Waals surface area contributed by atoms with Crippen LogP contribution in [0.2, 0.25) is 0 Å². The van der Waals surface area contributed by atoms with Gasteiger partial charge in [0.05, 0.1) is 16.3 Å². The molecule has 0 saturated heterocycles. The fourth-order valence-electron chi connectivity index (χ4n) is 1.25. The maximum Gasteiger partial charge on any atom is 0.235 e. The largest absolute Gasteiger partial charge is 0.308 e. The second kappa shape index (κ2) is 5.18. The zero-order valence-electron chi connectivity index (χ0n) is 8.69. The van der Waals surface area contributed by atoms with Gasteiger partial charge in [-0.3, -0.25) is 9.89 Å². The van der Waals surface area contributed by atoms with Crippen molar-refractivity contribution >= 4 is 34.8 Å². The standard InChI is InChI=1S/C10H11N3OS2/c1-15-6-10(14)11-9-5-7(12-13-9)8-3-2-4-16-8/h2-5H,6H2,1H3,(H2,11,12,13,14). The van der Waals surface area contributed by atoms with E-state index in [9.17, 15) is 4.79 Å². The van der Waals surface area contributed by atoms with Crippen LogP contribution in [0.3, 0.4) is 0 Å². The summed E-state index contributed by atoms with van der Waals surface area (Å²) in [4.78, 5) is 12.4. The molecule has 16 heavy (non-hydrogen) atoms. The highest BCUT2D eigenvalue weighted by molar-refractivity contribution is 7.99. The lowest BCUT2D eigenvalue weighted by Gasteiger charge is -1.97. The van der Waals surface area contributed by atoms with Crippen LogP contribution in [0.15, 0.2) is 23.6 Å². The van der Waals surface area contributed by atoms with Crippen molar-refractivity contribution in [3.8, 4) is 10.6 Å². The average Bonchev–Trinajstić information content (AvgIpc) is 2.86. The topological polar surface area (TPSA) is 57.8 Å². The van der Waals surface area contributed by atoms with Crippen molar-refractivity contribution in [1.29, 1.82) is 0 Å². The third-order valence-corrected chi connectivity index (χ3v) is 3.36. The molecule has 2 heterocycles. The minimum atomic E-state index is -0.0308. The third kappa shape index (κ3) is 2.65. The van der Waals surface area contributed by atoms with Gasteiger partial charge in [-0.1, -0.05) is 6.07 Å². The Hall–Kier alpha value is -1.27. The summed E-state index contributed by atoms with van der Waals surface area (Å²) in [7, 11) is 0. The summed E-state index contributed by atoms with van der Waals surface area (Å²) in [6, 6.07) is 5.82. The van der Waals surface area contributed by atoms with Gasteiger partial charge in [-0.2, -0.15) is 16.9 Å². The van der Waals surface area contributed by atoms with Gasteiger partial charge in [0, 0.05) is 6.07 Å². The van der Waals surface area contributed by atoms with Crippen LogP contribution in [0.1, 0.15) is 0 Å². The molecule has 0 unspecified atom stereocenters. The molecule has 6 heteroatoms. The highest BCUT2D eigenvalue weighted by atomic mass is 32.2. The molecule has 2 rings (SSSR count). The Balaban J connectivity index is 2.06. The Kier molecular flexibility index (Phi) is 3.63. The minimum Gasteiger partial charge on any atom is -0.308 e. The number of thiophene rings is 1. The van der Waals surface area contributed by atoms with Crippen molar-refractivity contribution in [2.75, 3.05) is 17.3 Å². The molecule has 0 atom stereocenters. The molecule has 4 nitrogen and oxygen atoms in total. The van der Waals surface area contributed by atoms with E-state index in [-0.39, 0.29) is 5.91 Å². The van der Waals surface area contributed by atoms with E-state index in [0.29, 0.717) is 11.6 Å². The highest BCUT2D eigenvalue weighted by Gasteiger charge is 2.06. The molecule has 0 aliphatic heterocycles. The quantitative estimate of drug-likeness (QED) is 0.880. The van der Waals surface area contributed by atoms with Crippen LogP contribution in [0, 0.1) is 0 Å². The molecule has 84 valence electrons. The molecule has 0 aliphatic carbocycles. The lowest BCUT2D eigenvalue weighted by atomic mass is 10.3. The van der Waals surface area contributed by atoms with Gasteiger partial charge < -0.3 is 5.32 Å². The van der Waals surface area contributed by atoms with E-state index in [0.717, 1.165) is 10.6 Å². The number of aromatic amines is 1. The van der Waals surface area contributed by atoms with Gasteiger partial charge in [0.1, 0.15) is 0 Å². The van der Waals surface area contributed by atoms with Crippen LogP contribution in [0.5, 0.6) is 0 Å². The number of rotatable bonds is 4. The van der Waals surface area contributed by atoms with Crippen LogP contribution in [0.4, 0.5) is 5.82 Å². The molecular formula is C10H11N3OS2. The number of hydrogen-bond donors (Lipinski definition) is 2. The molecule has 0 radical (unpaired) electrons. The fourth-order valence-corrected chi connectivity index (χ4v) is 2.28. The first-order chi connectivity index (χ1) is 7.79. The van der Waals surface area contributed by atoms with E-state index in [1.807, 2.05) is 29.8 Å². The van der Waals surface area contributed by atoms with Gasteiger partial charge >= 0.3 is 0 Å². The Morgan fingerprint density at radius 1 is 1.69 bits per heavy atom. The monoisotopic (exact) mass is 253 g/mol. The SMILES string of the molecule is CSCC(=O)Nc1cc(-c2cccs2)[nH]n1. The Morgan fingerprint density at radius 3 is 3.25 bits per heavy atom. The molecule has 0 aromatic carbocycles. The maximum absolute atomic E-state index is 11.3. The smallest absolute Gasteiger partial charge is 0.235 e. The zero-order valence-corrected chi connectivity index (χ0v) is 10.3. The van der Waals surface area contributed by atoms with Gasteiger partial charge in [0.2, 0.25) is 5.91 Å². The highest BCUT2D eigenvalue weighted by Crippen LogP contribution is 2.24. The molecule has 2 aromatic rings. The molecule has 2 N–H and O–H groups in total. The number of nitrogens with one attached hydrogen (secondary N) is 2. The fraction of sp³-hybridized carbons (Fsp3) is 0.200. The number of carbonyl (C=O) groups is 1. The first kappa shape index (κ1) is 11.2. The van der Waals surface area contributed by atoms with Crippen LogP contribution in [-0.2, 0) is 4.79 Å². The second-order valence-electron chi connectivity index (χ2n) is 3.13. The number of anilines is 1. The molecule has 1 amide bonds. The predicted octanol–water partition coefficient (Wildman–Crippen LogP) is 2.44. The molecule has 0 saturated carbocycles. The molecule has 0 aliphatic rings. The lowest BCUT2D eigenvalue weighted by molar-refractivity contribution is -0.113. The Bertz CT molecular complexity index is 464. The van der Waals surface area contributed by atoms with Crippen LogP contribution in [-0.4, -0.2) is 28.1 Å². The van der Waals surface area contributed by atoms with Gasteiger partial charge in [-0.05, 0) is 17.7 Å². The number of hydrogen-bond acceptors (Lipinski definition) is 4. The molecule has 0 spiro atoms. The lowest BCUT2D eigenvalue weighted by Crippen LogP contribution is -2.13. The summed E-state index contributed by atoms with van der Waals surface area (Å²) in [5.74, 6) is 0.987. The number of aromatic nitrogens is 2. The van der Waals surface area contributed by atoms with Crippen LogP contribution < -0.4 is 5.32 Å². The summed E-state index contributed by atoms with van der Waals surface area (Å²) < 4.78 is 0. The number of H-pyrrole nitrogens is 1. The normalized spacial score (nSPS) is 10.3. The Morgan fingerprint density at radius 2 is 2.56 bits per heavy atom. The minimum absolute atomic E-state index is 0.0308. The summed E-state index contributed by atoms with van der Waals surface area (Å²) in [6.45, 7) is 0. The molecule has 0 fully saturated rings. The predicted molar refractivity (Wildman–Crippen MR) is 68.9 cm³/mol. The zero-order chi connectivity index (χ0) is 11.4. The van der Waals surface area contributed by atoms with Crippen molar-refractivity contribution < 1.29 is 4.79 Å². The summed E-state index contributed by atoms with van der Waals surface area (Å²) in [5, 5.41) is 11.7. The second-order valence-corrected chi connectivity index (χ2v) is 4.94. The van der Waals surface area contributed by atoms with Crippen molar-refractivity contribution in [3.63, 3.8) is 0 Å². The van der Waals surface area contributed by atoms with E-state index in [2.05, 4.69) is 15.5 Å². The number of nitrogens with zero attached hydrogens (tertiary/aromatic N) is 1. The van der Waals surface area contributed by atoms with Gasteiger partial charge in [0.15, 0.2) is 5.82 Å². The van der Waals surface area contributed by atoms with Crippen molar-refractivity contribution in [2.24, 2.45) is 0 Å². The van der Waals surface area contributed by atoms with Crippen molar-refractivity contribution in [3.05, 3.63) is 23.6 Å². The van der Waals surface area contributed by atoms with E-state index in [1.165, 1.54) is 11.8 Å². The van der Waals surface area contributed by atoms with Crippen LogP contribution >= 0.6 is 23.1 Å². The molecular weight excluding hydrogens is 242 g/mol. The summed E-state index contributed by atoms with van der Waals surface area (Å²) >= 11 is 3.12. The van der Waals surface area contributed by atoms with Gasteiger partial charge in [-0.25, -0.2) is 0 Å². The molecule has 2 aromatic heterocycles.